The average Bonchev–Trinajstić information content (AvgIpc) is 2.54. The first-order valence-corrected chi connectivity index (χ1v) is 7.14. The van der Waals surface area contributed by atoms with Crippen LogP contribution in [0.3, 0.4) is 0 Å². The van der Waals surface area contributed by atoms with Crippen molar-refractivity contribution in [2.24, 2.45) is 0 Å². The number of aromatic nitrogens is 4. The molecule has 10 heteroatoms. The Morgan fingerprint density at radius 3 is 2.36 bits per heavy atom. The van der Waals surface area contributed by atoms with E-state index in [0.29, 0.717) is 0 Å². The third-order valence-corrected chi connectivity index (χ3v) is 3.38. The number of nitrogen functional groups attached to an aromatic ring is 1. The van der Waals surface area contributed by atoms with Crippen molar-refractivity contribution in [2.45, 2.75) is 6.18 Å². The van der Waals surface area contributed by atoms with Gasteiger partial charge in [0, 0.05) is 11.1 Å². The Kier molecular flexibility index (Phi) is 4.25. The predicted molar refractivity (Wildman–Crippen MR) is 82.9 cm³/mol. The maximum atomic E-state index is 14.1. The molecule has 0 saturated heterocycles. The van der Waals surface area contributed by atoms with Crippen molar-refractivity contribution >= 4 is 17.5 Å². The Hall–Kier alpha value is -2.81. The first-order valence-electron chi connectivity index (χ1n) is 6.76. The minimum absolute atomic E-state index is 0.0144. The molecule has 128 valence electrons. The largest absolute Gasteiger partial charge is 0.433 e. The van der Waals surface area contributed by atoms with Gasteiger partial charge in [0.05, 0.1) is 0 Å². The smallest absolute Gasteiger partial charge is 0.366 e. The van der Waals surface area contributed by atoms with E-state index in [-0.39, 0.29) is 28.5 Å². The number of anilines is 1. The first kappa shape index (κ1) is 17.0. The van der Waals surface area contributed by atoms with Crippen molar-refractivity contribution in [3.8, 4) is 22.5 Å². The van der Waals surface area contributed by atoms with E-state index in [1.807, 2.05) is 0 Å². The fourth-order valence-corrected chi connectivity index (χ4v) is 2.36. The van der Waals surface area contributed by atoms with Crippen molar-refractivity contribution < 1.29 is 17.6 Å². The summed E-state index contributed by atoms with van der Waals surface area (Å²) in [6.45, 7) is 0. The van der Waals surface area contributed by atoms with E-state index in [2.05, 4.69) is 20.2 Å². The Morgan fingerprint density at radius 1 is 0.960 bits per heavy atom. The lowest BCUT2D eigenvalue weighted by molar-refractivity contribution is -0.141. The van der Waals surface area contributed by atoms with E-state index in [4.69, 9.17) is 17.3 Å². The highest BCUT2D eigenvalue weighted by molar-refractivity contribution is 6.29. The van der Waals surface area contributed by atoms with Gasteiger partial charge < -0.3 is 5.73 Å². The lowest BCUT2D eigenvalue weighted by atomic mass is 10.0. The van der Waals surface area contributed by atoms with E-state index in [1.165, 1.54) is 18.2 Å². The number of pyridine rings is 1. The number of nitrogens with zero attached hydrogens (tertiary/aromatic N) is 4. The molecule has 0 aliphatic heterocycles. The summed E-state index contributed by atoms with van der Waals surface area (Å²) < 4.78 is 53.0. The Morgan fingerprint density at radius 2 is 1.68 bits per heavy atom. The second-order valence-corrected chi connectivity index (χ2v) is 5.30. The van der Waals surface area contributed by atoms with Crippen LogP contribution in [0.5, 0.6) is 0 Å². The van der Waals surface area contributed by atoms with Crippen molar-refractivity contribution in [1.82, 2.24) is 20.2 Å². The van der Waals surface area contributed by atoms with Crippen LogP contribution in [-0.4, -0.2) is 20.2 Å². The van der Waals surface area contributed by atoms with Crippen LogP contribution in [-0.2, 0) is 6.18 Å². The topological polar surface area (TPSA) is 77.6 Å². The van der Waals surface area contributed by atoms with Gasteiger partial charge in [-0.05, 0) is 24.3 Å². The number of hydrogen-bond acceptors (Lipinski definition) is 5. The van der Waals surface area contributed by atoms with Crippen molar-refractivity contribution in [3.63, 3.8) is 0 Å². The number of halogens is 5. The second-order valence-electron chi connectivity index (χ2n) is 4.91. The van der Waals surface area contributed by atoms with E-state index in [9.17, 15) is 17.6 Å². The molecule has 0 bridgehead atoms. The molecule has 0 saturated carbocycles. The molecule has 3 rings (SSSR count). The quantitative estimate of drug-likeness (QED) is 0.546. The minimum atomic E-state index is -4.72. The second kappa shape index (κ2) is 6.25. The zero-order valence-corrected chi connectivity index (χ0v) is 13.0. The van der Waals surface area contributed by atoms with Crippen molar-refractivity contribution in [2.75, 3.05) is 5.73 Å². The summed E-state index contributed by atoms with van der Waals surface area (Å²) in [6.07, 6.45) is -4.72. The molecule has 0 spiro atoms. The number of rotatable bonds is 2. The Bertz CT molecular complexity index is 945. The third-order valence-electron chi connectivity index (χ3n) is 3.19. The molecule has 0 aliphatic carbocycles. The monoisotopic (exact) mass is 369 g/mol. The van der Waals surface area contributed by atoms with Crippen LogP contribution in [0.15, 0.2) is 36.4 Å². The lowest BCUT2D eigenvalue weighted by Gasteiger charge is -2.11. The summed E-state index contributed by atoms with van der Waals surface area (Å²) in [7, 11) is 0. The summed E-state index contributed by atoms with van der Waals surface area (Å²) in [6, 6.07) is 7.47. The molecule has 25 heavy (non-hydrogen) atoms. The minimum Gasteiger partial charge on any atom is -0.366 e. The Labute approximate surface area is 143 Å². The normalized spacial score (nSPS) is 11.6. The van der Waals surface area contributed by atoms with E-state index in [0.717, 1.165) is 12.1 Å². The van der Waals surface area contributed by atoms with Gasteiger partial charge in [-0.25, -0.2) is 14.4 Å². The lowest BCUT2D eigenvalue weighted by Crippen LogP contribution is -2.09. The van der Waals surface area contributed by atoms with Gasteiger partial charge in [-0.2, -0.15) is 13.2 Å². The third kappa shape index (κ3) is 3.50. The summed E-state index contributed by atoms with van der Waals surface area (Å²) in [4.78, 5) is 7.16. The standard InChI is InChI=1S/C15H8ClF4N5/c16-11-6-7(5-10(22-11)15(18,19)20)12-13(23-14(21)25-24-12)8-3-1-2-4-9(8)17/h1-6H,(H2,21,23,25). The number of benzene rings is 1. The molecule has 2 aromatic heterocycles. The molecular formula is C15H8ClF4N5. The van der Waals surface area contributed by atoms with Crippen LogP contribution in [0.1, 0.15) is 5.69 Å². The Balaban J connectivity index is 2.26. The maximum absolute atomic E-state index is 14.1. The van der Waals surface area contributed by atoms with Crippen molar-refractivity contribution in [1.29, 1.82) is 0 Å². The van der Waals surface area contributed by atoms with Crippen LogP contribution in [0.4, 0.5) is 23.5 Å². The highest BCUT2D eigenvalue weighted by Crippen LogP contribution is 2.35. The van der Waals surface area contributed by atoms with Crippen LogP contribution < -0.4 is 5.73 Å². The van der Waals surface area contributed by atoms with Crippen LogP contribution in [0, 0.1) is 5.82 Å². The highest BCUT2D eigenvalue weighted by atomic mass is 35.5. The first-order chi connectivity index (χ1) is 11.8. The molecule has 1 aromatic carbocycles. The van der Waals surface area contributed by atoms with Crippen LogP contribution >= 0.6 is 11.6 Å². The van der Waals surface area contributed by atoms with Gasteiger partial charge in [0.2, 0.25) is 5.95 Å². The molecule has 5 nitrogen and oxygen atoms in total. The zero-order valence-electron chi connectivity index (χ0n) is 12.2. The van der Waals surface area contributed by atoms with Crippen LogP contribution in [0.2, 0.25) is 5.15 Å². The number of nitrogens with two attached hydrogens (primary N) is 1. The van der Waals surface area contributed by atoms with Gasteiger partial charge in [-0.15, -0.1) is 10.2 Å². The predicted octanol–water partition coefficient (Wildman–Crippen LogP) is 3.99. The molecular weight excluding hydrogens is 362 g/mol. The van der Waals surface area contributed by atoms with E-state index in [1.54, 1.807) is 6.07 Å². The van der Waals surface area contributed by atoms with Crippen molar-refractivity contribution in [3.05, 3.63) is 53.1 Å². The van der Waals surface area contributed by atoms with Gasteiger partial charge in [0.25, 0.3) is 0 Å². The molecule has 0 atom stereocenters. The number of alkyl halides is 3. The summed E-state index contributed by atoms with van der Waals surface area (Å²) in [5, 5.41) is 6.91. The van der Waals surface area contributed by atoms with Gasteiger partial charge >= 0.3 is 6.18 Å². The van der Waals surface area contributed by atoms with E-state index < -0.39 is 22.8 Å². The molecule has 3 aromatic rings. The molecule has 0 aliphatic rings. The van der Waals surface area contributed by atoms with E-state index >= 15 is 0 Å². The van der Waals surface area contributed by atoms with Gasteiger partial charge in [-0.1, -0.05) is 23.7 Å². The SMILES string of the molecule is Nc1nnc(-c2cc(Cl)nc(C(F)(F)F)c2)c(-c2ccccc2F)n1. The molecule has 2 heterocycles. The molecule has 0 amide bonds. The molecule has 0 radical (unpaired) electrons. The fraction of sp³-hybridized carbons (Fsp3) is 0.0667. The summed E-state index contributed by atoms with van der Waals surface area (Å²) >= 11 is 5.69. The fourth-order valence-electron chi connectivity index (χ4n) is 2.15. The molecule has 0 fully saturated rings. The average molecular weight is 370 g/mol. The highest BCUT2D eigenvalue weighted by Gasteiger charge is 2.33. The van der Waals surface area contributed by atoms with Gasteiger partial charge in [0.1, 0.15) is 28.1 Å². The zero-order chi connectivity index (χ0) is 18.2. The van der Waals surface area contributed by atoms with Gasteiger partial charge in [-0.3, -0.25) is 0 Å². The number of hydrogen-bond donors (Lipinski definition) is 1. The molecule has 2 N–H and O–H groups in total. The molecule has 0 unspecified atom stereocenters. The van der Waals surface area contributed by atoms with Gasteiger partial charge in [0.15, 0.2) is 0 Å². The maximum Gasteiger partial charge on any atom is 0.433 e. The van der Waals surface area contributed by atoms with Crippen LogP contribution in [0.25, 0.3) is 22.5 Å². The summed E-state index contributed by atoms with van der Waals surface area (Å²) in [5.74, 6) is -0.891. The summed E-state index contributed by atoms with van der Waals surface area (Å²) in [5.41, 5.74) is 4.07.